The minimum Gasteiger partial charge on any atom is -0.480 e. The van der Waals surface area contributed by atoms with Gasteiger partial charge in [0.05, 0.1) is 12.0 Å². The molecule has 2 aliphatic rings. The molecule has 0 aromatic heterocycles. The van der Waals surface area contributed by atoms with Gasteiger partial charge in [-0.2, -0.15) is 0 Å². The highest BCUT2D eigenvalue weighted by atomic mass is 16.6. The van der Waals surface area contributed by atoms with Gasteiger partial charge in [0, 0.05) is 35.7 Å². The van der Waals surface area contributed by atoms with Crippen LogP contribution in [0.5, 0.6) is 0 Å². The van der Waals surface area contributed by atoms with E-state index in [1.54, 1.807) is 19.9 Å². The van der Waals surface area contributed by atoms with Crippen molar-refractivity contribution < 1.29 is 29.2 Å². The van der Waals surface area contributed by atoms with Crippen LogP contribution in [0.1, 0.15) is 32.3 Å². The number of nitro groups is 1. The molecule has 33 heavy (non-hydrogen) atoms. The van der Waals surface area contributed by atoms with Gasteiger partial charge in [-0.05, 0) is 38.0 Å². The summed E-state index contributed by atoms with van der Waals surface area (Å²) in [6.45, 7) is 4.63. The van der Waals surface area contributed by atoms with Crippen molar-refractivity contribution in [2.24, 2.45) is 21.3 Å². The highest BCUT2D eigenvalue weighted by Crippen LogP contribution is 2.53. The number of allylic oxidation sites excluding steroid dienone is 2. The third-order valence-corrected chi connectivity index (χ3v) is 6.31. The normalized spacial score (nSPS) is 25.9. The van der Waals surface area contributed by atoms with Crippen molar-refractivity contribution in [3.05, 3.63) is 63.4 Å². The highest BCUT2D eigenvalue weighted by molar-refractivity contribution is 6.06. The molecule has 10 heteroatoms. The van der Waals surface area contributed by atoms with Crippen LogP contribution in [-0.4, -0.2) is 52.8 Å². The van der Waals surface area contributed by atoms with E-state index in [0.29, 0.717) is 12.0 Å². The second-order valence-electron chi connectivity index (χ2n) is 8.10. The number of ether oxygens (including phenoxy) is 1. The van der Waals surface area contributed by atoms with E-state index in [0.717, 1.165) is 0 Å². The Morgan fingerprint density at radius 2 is 2.03 bits per heavy atom. The van der Waals surface area contributed by atoms with Crippen LogP contribution in [0.4, 0.5) is 5.69 Å². The van der Waals surface area contributed by atoms with E-state index in [-0.39, 0.29) is 22.5 Å². The van der Waals surface area contributed by atoms with E-state index in [2.05, 4.69) is 9.98 Å². The number of hydrogen-bond acceptors (Lipinski definition) is 8. The molecule has 172 valence electrons. The van der Waals surface area contributed by atoms with Crippen molar-refractivity contribution in [3.63, 3.8) is 0 Å². The number of rotatable bonds is 7. The van der Waals surface area contributed by atoms with Crippen molar-refractivity contribution in [1.82, 2.24) is 0 Å². The van der Waals surface area contributed by atoms with Crippen LogP contribution < -0.4 is 0 Å². The van der Waals surface area contributed by atoms with Gasteiger partial charge in [-0.25, -0.2) is 0 Å². The number of benzene rings is 1. The Hall–Kier alpha value is -3.95. The standard InChI is InChI=1S/C23H23N3O7/c1-13-17(20(28)33-4)18(15-7-5-8-16(11-15)26(31)32)19(14(2)25-13)23(12-27,21(29)30)22(3)9-6-10-24-22/h5-12,17-18H,1-4H3,(H,29,30). The van der Waals surface area contributed by atoms with Crippen LogP contribution in [-0.2, 0) is 19.1 Å². The lowest BCUT2D eigenvalue weighted by atomic mass is 9.58. The summed E-state index contributed by atoms with van der Waals surface area (Å²) in [5, 5.41) is 21.9. The molecule has 1 aromatic rings. The average Bonchev–Trinajstić information content (AvgIpc) is 3.22. The summed E-state index contributed by atoms with van der Waals surface area (Å²) in [4.78, 5) is 57.9. The highest BCUT2D eigenvalue weighted by Gasteiger charge is 2.61. The smallest absolute Gasteiger partial charge is 0.324 e. The van der Waals surface area contributed by atoms with Crippen molar-refractivity contribution >= 4 is 35.8 Å². The predicted molar refractivity (Wildman–Crippen MR) is 119 cm³/mol. The number of nitro benzene ring substituents is 1. The summed E-state index contributed by atoms with van der Waals surface area (Å²) in [6.07, 6.45) is 4.73. The van der Waals surface area contributed by atoms with E-state index >= 15 is 0 Å². The molecule has 0 aliphatic carbocycles. The molecule has 1 aromatic carbocycles. The molecule has 0 saturated heterocycles. The van der Waals surface area contributed by atoms with Crippen molar-refractivity contribution in [2.45, 2.75) is 32.2 Å². The van der Waals surface area contributed by atoms with E-state index < -0.39 is 39.7 Å². The Labute approximate surface area is 189 Å². The van der Waals surface area contributed by atoms with Crippen LogP contribution >= 0.6 is 0 Å². The molecule has 0 bridgehead atoms. The monoisotopic (exact) mass is 453 g/mol. The number of esters is 1. The summed E-state index contributed by atoms with van der Waals surface area (Å²) in [6, 6.07) is 5.54. The number of aliphatic carboxylic acids is 1. The quantitative estimate of drug-likeness (QED) is 0.219. The van der Waals surface area contributed by atoms with Gasteiger partial charge in [-0.15, -0.1) is 0 Å². The Morgan fingerprint density at radius 3 is 2.55 bits per heavy atom. The lowest BCUT2D eigenvalue weighted by Gasteiger charge is -2.44. The number of hydrogen-bond donors (Lipinski definition) is 1. The molecule has 10 nitrogen and oxygen atoms in total. The zero-order valence-electron chi connectivity index (χ0n) is 18.5. The molecular formula is C23H23N3O7. The summed E-state index contributed by atoms with van der Waals surface area (Å²) in [7, 11) is 1.18. The molecule has 2 aliphatic heterocycles. The fourth-order valence-electron chi connectivity index (χ4n) is 4.72. The molecule has 3 rings (SSSR count). The summed E-state index contributed by atoms with van der Waals surface area (Å²) in [5.74, 6) is -4.37. The maximum absolute atomic E-state index is 12.9. The minimum atomic E-state index is -2.24. The number of aliphatic imine (C=N–C) groups is 2. The first kappa shape index (κ1) is 23.7. The molecule has 0 amide bonds. The second-order valence-corrected chi connectivity index (χ2v) is 8.10. The first-order valence-corrected chi connectivity index (χ1v) is 10.1. The number of nitrogens with zero attached hydrogens (tertiary/aromatic N) is 3. The number of carbonyl (C=O) groups is 3. The SMILES string of the molecule is COC(=O)C1C(C)=NC(C)=C(C(C=O)(C(=O)O)C2(C)C=CC=N2)C1c1cccc([N+](=O)[O-])c1. The number of carboxylic acids is 1. The van der Waals surface area contributed by atoms with Gasteiger partial charge in [0.2, 0.25) is 0 Å². The maximum atomic E-state index is 12.9. The van der Waals surface area contributed by atoms with Crippen LogP contribution in [0.15, 0.2) is 57.7 Å². The zero-order chi connectivity index (χ0) is 24.6. The Morgan fingerprint density at radius 1 is 1.33 bits per heavy atom. The van der Waals surface area contributed by atoms with Gasteiger partial charge < -0.3 is 14.6 Å². The van der Waals surface area contributed by atoms with E-state index in [1.165, 1.54) is 50.6 Å². The van der Waals surface area contributed by atoms with Crippen LogP contribution in [0.2, 0.25) is 0 Å². The first-order chi connectivity index (χ1) is 15.5. The lowest BCUT2D eigenvalue weighted by Crippen LogP contribution is -2.54. The van der Waals surface area contributed by atoms with Crippen molar-refractivity contribution in [2.75, 3.05) is 7.11 Å². The van der Waals surface area contributed by atoms with Gasteiger partial charge in [0.25, 0.3) is 5.69 Å². The number of methoxy groups -OCH3 is 1. The van der Waals surface area contributed by atoms with Gasteiger partial charge in [-0.3, -0.25) is 29.7 Å². The summed E-state index contributed by atoms with van der Waals surface area (Å²) in [5.41, 5.74) is -3.15. The predicted octanol–water partition coefficient (Wildman–Crippen LogP) is 2.89. The molecule has 1 N–H and O–H groups in total. The van der Waals surface area contributed by atoms with E-state index in [4.69, 9.17) is 4.74 Å². The van der Waals surface area contributed by atoms with Crippen LogP contribution in [0.3, 0.4) is 0 Å². The van der Waals surface area contributed by atoms with Gasteiger partial charge >= 0.3 is 11.9 Å². The molecule has 4 unspecified atom stereocenters. The molecule has 0 radical (unpaired) electrons. The summed E-state index contributed by atoms with van der Waals surface area (Å²) < 4.78 is 4.97. The fourth-order valence-corrected chi connectivity index (χ4v) is 4.72. The van der Waals surface area contributed by atoms with E-state index in [9.17, 15) is 29.6 Å². The van der Waals surface area contributed by atoms with Gasteiger partial charge in [0.1, 0.15) is 17.7 Å². The Bertz CT molecular complexity index is 1150. The second kappa shape index (κ2) is 8.53. The largest absolute Gasteiger partial charge is 0.480 e. The minimum absolute atomic E-state index is 0.0256. The first-order valence-electron chi connectivity index (χ1n) is 10.1. The van der Waals surface area contributed by atoms with Crippen molar-refractivity contribution in [1.29, 1.82) is 0 Å². The fraction of sp³-hybridized carbons (Fsp3) is 0.348. The number of carbonyl (C=O) groups excluding carboxylic acids is 2. The van der Waals surface area contributed by atoms with Crippen LogP contribution in [0.25, 0.3) is 0 Å². The molecule has 0 spiro atoms. The van der Waals surface area contributed by atoms with E-state index in [1.807, 2.05) is 0 Å². The average molecular weight is 453 g/mol. The molecular weight excluding hydrogens is 430 g/mol. The van der Waals surface area contributed by atoms with Crippen molar-refractivity contribution in [3.8, 4) is 0 Å². The molecule has 0 saturated carbocycles. The molecule has 0 fully saturated rings. The van der Waals surface area contributed by atoms with Crippen LogP contribution in [0, 0.1) is 21.4 Å². The molecule has 2 heterocycles. The Kier molecular flexibility index (Phi) is 6.13. The topological polar surface area (TPSA) is 149 Å². The number of carboxylic acid groups (broad SMARTS) is 1. The molecule has 4 atom stereocenters. The van der Waals surface area contributed by atoms with Gasteiger partial charge in [-0.1, -0.05) is 18.2 Å². The lowest BCUT2D eigenvalue weighted by molar-refractivity contribution is -0.384. The third-order valence-electron chi connectivity index (χ3n) is 6.31. The zero-order valence-corrected chi connectivity index (χ0v) is 18.5. The summed E-state index contributed by atoms with van der Waals surface area (Å²) >= 11 is 0. The maximum Gasteiger partial charge on any atom is 0.324 e. The number of aldehydes is 1. The Balaban J connectivity index is 2.43. The third kappa shape index (κ3) is 3.57. The number of non-ortho nitro benzene ring substituents is 1. The van der Waals surface area contributed by atoms with Gasteiger partial charge in [0.15, 0.2) is 5.41 Å².